The molecule has 24 heavy (non-hydrogen) atoms. The van der Waals surface area contributed by atoms with Gasteiger partial charge in [0.1, 0.15) is 0 Å². The van der Waals surface area contributed by atoms with Crippen LogP contribution in [0.3, 0.4) is 0 Å². The van der Waals surface area contributed by atoms with Crippen molar-refractivity contribution < 1.29 is 19.4 Å². The molecule has 1 amide bonds. The largest absolute Gasteiger partial charge is 0.503 e. The number of unbranched alkanes of at least 4 members (excludes halogenated alkanes) is 1. The van der Waals surface area contributed by atoms with Crippen LogP contribution in [-0.4, -0.2) is 34.9 Å². The normalized spacial score (nSPS) is 16.8. The average Bonchev–Trinajstić information content (AvgIpc) is 3.06. The van der Waals surface area contributed by atoms with E-state index in [-0.39, 0.29) is 28.9 Å². The number of phenolic OH excluding ortho intramolecular Hbond substituents is 1. The van der Waals surface area contributed by atoms with Crippen molar-refractivity contribution in [1.29, 1.82) is 0 Å². The molecule has 1 aliphatic rings. The molecule has 1 fully saturated rings. The van der Waals surface area contributed by atoms with Gasteiger partial charge in [-0.3, -0.25) is 9.59 Å². The molecule has 0 radical (unpaired) electrons. The fourth-order valence-corrected chi connectivity index (χ4v) is 5.52. The molecule has 1 heterocycles. The molecule has 2 N–H and O–H groups in total. The number of phenols is 1. The third kappa shape index (κ3) is 5.34. The van der Waals surface area contributed by atoms with E-state index in [1.54, 1.807) is 0 Å². The Bertz CT molecular complexity index is 600. The van der Waals surface area contributed by atoms with Crippen LogP contribution in [0.4, 0.5) is 5.69 Å². The Hall–Kier alpha value is -1.34. The number of ether oxygens (including phenoxy) is 1. The van der Waals surface area contributed by atoms with Gasteiger partial charge >= 0.3 is 0 Å². The van der Waals surface area contributed by atoms with Gasteiger partial charge in [-0.2, -0.15) is 0 Å². The fourth-order valence-electron chi connectivity index (χ4n) is 2.50. The van der Waals surface area contributed by atoms with Crippen LogP contribution in [-0.2, 0) is 4.79 Å². The number of anilines is 1. The van der Waals surface area contributed by atoms with E-state index in [1.165, 1.54) is 38.3 Å². The van der Waals surface area contributed by atoms with Crippen molar-refractivity contribution in [2.75, 3.05) is 18.2 Å². The molecule has 0 unspecified atom stereocenters. The molecule has 0 spiro atoms. The Kier molecular flexibility index (Phi) is 7.30. The molecule has 0 saturated carbocycles. The molecule has 1 aliphatic heterocycles. The van der Waals surface area contributed by atoms with E-state index in [0.717, 1.165) is 24.5 Å². The molecule has 0 aromatic heterocycles. The second-order valence-electron chi connectivity index (χ2n) is 5.75. The van der Waals surface area contributed by atoms with Gasteiger partial charge in [-0.15, -0.1) is 0 Å². The number of benzene rings is 1. The van der Waals surface area contributed by atoms with E-state index in [1.807, 2.05) is 21.6 Å². The first-order valence-corrected chi connectivity index (χ1v) is 10.4. The minimum absolute atomic E-state index is 0.157. The summed E-state index contributed by atoms with van der Waals surface area (Å²) in [6, 6.07) is 2.94. The smallest absolute Gasteiger partial charge is 0.224 e. The molecule has 5 nitrogen and oxygen atoms in total. The third-order valence-electron chi connectivity index (χ3n) is 3.88. The van der Waals surface area contributed by atoms with Crippen LogP contribution in [0.5, 0.6) is 11.5 Å². The zero-order valence-electron chi connectivity index (χ0n) is 14.0. The van der Waals surface area contributed by atoms with Crippen molar-refractivity contribution in [2.24, 2.45) is 0 Å². The number of amides is 1. The number of rotatable bonds is 8. The van der Waals surface area contributed by atoms with Crippen molar-refractivity contribution in [1.82, 2.24) is 0 Å². The molecule has 0 aliphatic carbocycles. The Balaban J connectivity index is 1.88. The lowest BCUT2D eigenvalue weighted by atomic mass is 10.1. The lowest BCUT2D eigenvalue weighted by Crippen LogP contribution is -2.12. The molecule has 2 rings (SSSR count). The predicted octanol–water partition coefficient (Wildman–Crippen LogP) is 4.26. The van der Waals surface area contributed by atoms with Gasteiger partial charge in [0.05, 0.1) is 12.8 Å². The summed E-state index contributed by atoms with van der Waals surface area (Å²) >= 11 is 0. The minimum atomic E-state index is -0.165. The first kappa shape index (κ1) is 19.0. The van der Waals surface area contributed by atoms with E-state index in [9.17, 15) is 14.7 Å². The van der Waals surface area contributed by atoms with Crippen LogP contribution >= 0.6 is 21.6 Å². The zero-order chi connectivity index (χ0) is 17.5. The van der Waals surface area contributed by atoms with Gasteiger partial charge in [0, 0.05) is 23.0 Å². The lowest BCUT2D eigenvalue weighted by molar-refractivity contribution is -0.116. The molecule has 7 heteroatoms. The summed E-state index contributed by atoms with van der Waals surface area (Å²) in [6.45, 7) is 1.43. The highest BCUT2D eigenvalue weighted by molar-refractivity contribution is 8.77. The second kappa shape index (κ2) is 9.22. The summed E-state index contributed by atoms with van der Waals surface area (Å²) in [6.07, 6.45) is 4.64. The Labute approximate surface area is 150 Å². The summed E-state index contributed by atoms with van der Waals surface area (Å²) in [5, 5.41) is 13.5. The second-order valence-corrected chi connectivity index (χ2v) is 8.54. The highest BCUT2D eigenvalue weighted by atomic mass is 33.1. The van der Waals surface area contributed by atoms with Crippen LogP contribution in [0.25, 0.3) is 0 Å². The minimum Gasteiger partial charge on any atom is -0.503 e. The van der Waals surface area contributed by atoms with Crippen molar-refractivity contribution in [3.8, 4) is 11.5 Å². The van der Waals surface area contributed by atoms with Crippen LogP contribution < -0.4 is 10.1 Å². The standard InChI is InChI=1S/C17H23NO4S2/c1-11(19)12-9-14(17(21)15(10-12)22-2)18-16(20)6-4-3-5-13-7-8-23-24-13/h9-10,13,21H,3-8H2,1-2H3,(H,18,20)/t13-/m1/s1. The van der Waals surface area contributed by atoms with E-state index in [2.05, 4.69) is 5.32 Å². The maximum Gasteiger partial charge on any atom is 0.224 e. The zero-order valence-corrected chi connectivity index (χ0v) is 15.6. The number of Topliss-reactive ketones (excluding diaryl/α,β-unsaturated/α-hetero) is 1. The van der Waals surface area contributed by atoms with Crippen LogP contribution in [0.2, 0.25) is 0 Å². The predicted molar refractivity (Wildman–Crippen MR) is 100 cm³/mol. The number of nitrogens with one attached hydrogen (secondary N) is 1. The molecule has 132 valence electrons. The molecule has 0 bridgehead atoms. The summed E-state index contributed by atoms with van der Waals surface area (Å²) in [4.78, 5) is 23.6. The molecular formula is C17H23NO4S2. The van der Waals surface area contributed by atoms with Gasteiger partial charge < -0.3 is 15.2 Å². The van der Waals surface area contributed by atoms with Crippen molar-refractivity contribution in [3.05, 3.63) is 17.7 Å². The first-order chi connectivity index (χ1) is 11.5. The number of methoxy groups -OCH3 is 1. The molecule has 1 atom stereocenters. The molecule has 1 saturated heterocycles. The van der Waals surface area contributed by atoms with Crippen LogP contribution in [0.1, 0.15) is 49.4 Å². The number of carbonyl (C=O) groups excluding carboxylic acids is 2. The molecule has 1 aromatic rings. The van der Waals surface area contributed by atoms with E-state index >= 15 is 0 Å². The first-order valence-electron chi connectivity index (χ1n) is 8.01. The quantitative estimate of drug-likeness (QED) is 0.309. The Morgan fingerprint density at radius 2 is 2.17 bits per heavy atom. The van der Waals surface area contributed by atoms with Gasteiger partial charge in [-0.05, 0) is 38.3 Å². The van der Waals surface area contributed by atoms with Crippen molar-refractivity contribution >= 4 is 39.0 Å². The highest BCUT2D eigenvalue weighted by Gasteiger charge is 2.17. The van der Waals surface area contributed by atoms with Gasteiger partial charge in [0.25, 0.3) is 0 Å². The summed E-state index contributed by atoms with van der Waals surface area (Å²) in [7, 11) is 5.29. The highest BCUT2D eigenvalue weighted by Crippen LogP contribution is 2.40. The van der Waals surface area contributed by atoms with Gasteiger partial charge in [-0.1, -0.05) is 28.0 Å². The number of ketones is 1. The van der Waals surface area contributed by atoms with Gasteiger partial charge in [0.2, 0.25) is 5.91 Å². The summed E-state index contributed by atoms with van der Waals surface area (Å²) < 4.78 is 5.06. The summed E-state index contributed by atoms with van der Waals surface area (Å²) in [5.74, 6) is 0.921. The topological polar surface area (TPSA) is 75.6 Å². The Morgan fingerprint density at radius 3 is 2.79 bits per heavy atom. The Morgan fingerprint density at radius 1 is 1.38 bits per heavy atom. The number of carbonyl (C=O) groups is 2. The SMILES string of the molecule is COc1cc(C(C)=O)cc(NC(=O)CCCC[C@@H]2CCSS2)c1O. The van der Waals surface area contributed by atoms with Crippen LogP contribution in [0, 0.1) is 0 Å². The fraction of sp³-hybridized carbons (Fsp3) is 0.529. The summed E-state index contributed by atoms with van der Waals surface area (Å²) in [5.41, 5.74) is 0.600. The van der Waals surface area contributed by atoms with E-state index in [4.69, 9.17) is 4.74 Å². The average molecular weight is 370 g/mol. The van der Waals surface area contributed by atoms with Crippen molar-refractivity contribution in [2.45, 2.75) is 44.3 Å². The van der Waals surface area contributed by atoms with Gasteiger partial charge in [0.15, 0.2) is 17.3 Å². The van der Waals surface area contributed by atoms with Crippen LogP contribution in [0.15, 0.2) is 12.1 Å². The maximum atomic E-state index is 12.1. The van der Waals surface area contributed by atoms with E-state index in [0.29, 0.717) is 12.0 Å². The molecular weight excluding hydrogens is 346 g/mol. The lowest BCUT2D eigenvalue weighted by Gasteiger charge is -2.12. The molecule has 1 aromatic carbocycles. The third-order valence-corrected chi connectivity index (χ3v) is 6.89. The van der Waals surface area contributed by atoms with Gasteiger partial charge in [-0.25, -0.2) is 0 Å². The monoisotopic (exact) mass is 369 g/mol. The van der Waals surface area contributed by atoms with Crippen molar-refractivity contribution in [3.63, 3.8) is 0 Å². The number of aromatic hydroxyl groups is 1. The number of hydrogen-bond donors (Lipinski definition) is 2. The van der Waals surface area contributed by atoms with E-state index < -0.39 is 0 Å². The maximum absolute atomic E-state index is 12.1. The number of hydrogen-bond acceptors (Lipinski definition) is 6.